The van der Waals surface area contributed by atoms with E-state index in [2.05, 4.69) is 5.32 Å². The highest BCUT2D eigenvalue weighted by Crippen LogP contribution is 2.41. The number of thioether (sulfide) groups is 1. The lowest BCUT2D eigenvalue weighted by atomic mass is 9.96. The summed E-state index contributed by atoms with van der Waals surface area (Å²) in [6.45, 7) is 10.2. The van der Waals surface area contributed by atoms with Crippen LogP contribution in [0.25, 0.3) is 0 Å². The van der Waals surface area contributed by atoms with Crippen LogP contribution in [-0.4, -0.2) is 68.1 Å². The third-order valence-electron chi connectivity index (χ3n) is 5.36. The highest BCUT2D eigenvalue weighted by Gasteiger charge is 2.55. The van der Waals surface area contributed by atoms with E-state index in [1.54, 1.807) is 59.7 Å². The summed E-state index contributed by atoms with van der Waals surface area (Å²) < 4.78 is 10.8. The number of aliphatic carboxylic acids is 1. The molecule has 2 unspecified atom stereocenters. The Kier molecular flexibility index (Phi) is 8.40. The first-order valence-electron chi connectivity index (χ1n) is 12.0. The molecule has 1 fully saturated rings. The first kappa shape index (κ1) is 29.0. The average Bonchev–Trinajstić information content (AvgIpc) is 2.78. The van der Waals surface area contributed by atoms with Crippen LogP contribution in [-0.2, 0) is 33.4 Å². The van der Waals surface area contributed by atoms with Crippen molar-refractivity contribution in [2.45, 2.75) is 70.1 Å². The number of fused-ring (bicyclic) bond motifs is 1. The molecule has 2 N–H and O–H groups in total. The SMILES string of the molecule is CC(C)(C)OC(=O)C=CC1=C(C(=O)OC(C)(C)C)N2C(=O)C(NC(=O)C(C(=O)O)c3ccccc3)[C@@H]2SC1. The fraction of sp³-hybridized carbons (Fsp3) is 0.444. The average molecular weight is 545 g/mol. The van der Waals surface area contributed by atoms with Gasteiger partial charge in [-0.1, -0.05) is 30.3 Å². The Hall–Kier alpha value is -3.60. The molecule has 3 rings (SSSR count). The Balaban J connectivity index is 1.86. The van der Waals surface area contributed by atoms with Gasteiger partial charge in [-0.25, -0.2) is 9.59 Å². The molecule has 0 bridgehead atoms. The molecule has 0 spiro atoms. The van der Waals surface area contributed by atoms with Gasteiger partial charge in [-0.3, -0.25) is 19.3 Å². The van der Waals surface area contributed by atoms with Gasteiger partial charge in [-0.2, -0.15) is 0 Å². The van der Waals surface area contributed by atoms with Crippen molar-refractivity contribution in [1.29, 1.82) is 0 Å². The highest BCUT2D eigenvalue weighted by molar-refractivity contribution is 8.00. The van der Waals surface area contributed by atoms with Crippen LogP contribution in [0.4, 0.5) is 0 Å². The van der Waals surface area contributed by atoms with Crippen LogP contribution in [0.5, 0.6) is 0 Å². The first-order valence-corrected chi connectivity index (χ1v) is 13.0. The number of hydrogen-bond acceptors (Lipinski definition) is 8. The van der Waals surface area contributed by atoms with Gasteiger partial charge in [0.15, 0.2) is 5.92 Å². The van der Waals surface area contributed by atoms with Gasteiger partial charge >= 0.3 is 17.9 Å². The maximum absolute atomic E-state index is 13.2. The quantitative estimate of drug-likeness (QED) is 0.230. The molecular formula is C27H32N2O8S. The smallest absolute Gasteiger partial charge is 0.355 e. The van der Waals surface area contributed by atoms with E-state index in [9.17, 15) is 29.1 Å². The molecule has 38 heavy (non-hydrogen) atoms. The molecule has 1 saturated heterocycles. The second kappa shape index (κ2) is 11.0. The molecule has 2 aliphatic heterocycles. The first-order chi connectivity index (χ1) is 17.6. The van der Waals surface area contributed by atoms with Gasteiger partial charge < -0.3 is 19.9 Å². The summed E-state index contributed by atoms with van der Waals surface area (Å²) in [6.07, 6.45) is 2.61. The number of rotatable bonds is 7. The van der Waals surface area contributed by atoms with Crippen molar-refractivity contribution in [1.82, 2.24) is 10.2 Å². The third kappa shape index (κ3) is 6.83. The minimum absolute atomic E-state index is 0.0307. The number of carboxylic acids is 1. The van der Waals surface area contributed by atoms with E-state index in [4.69, 9.17) is 9.47 Å². The molecule has 0 aromatic heterocycles. The number of hydrogen-bond donors (Lipinski definition) is 2. The van der Waals surface area contributed by atoms with Crippen LogP contribution in [0.15, 0.2) is 53.8 Å². The van der Waals surface area contributed by atoms with E-state index < -0.39 is 58.3 Å². The zero-order valence-corrected chi connectivity index (χ0v) is 23.0. The molecule has 1 aromatic rings. The van der Waals surface area contributed by atoms with E-state index in [-0.39, 0.29) is 17.0 Å². The van der Waals surface area contributed by atoms with Crippen LogP contribution >= 0.6 is 11.8 Å². The van der Waals surface area contributed by atoms with E-state index in [1.165, 1.54) is 40.9 Å². The molecule has 2 aliphatic rings. The van der Waals surface area contributed by atoms with Crippen molar-refractivity contribution in [2.75, 3.05) is 5.75 Å². The van der Waals surface area contributed by atoms with Gasteiger partial charge in [0.25, 0.3) is 5.91 Å². The minimum Gasteiger partial charge on any atom is -0.480 e. The number of amides is 2. The van der Waals surface area contributed by atoms with Gasteiger partial charge in [-0.15, -0.1) is 11.8 Å². The maximum Gasteiger partial charge on any atom is 0.355 e. The van der Waals surface area contributed by atoms with Gasteiger partial charge in [0.1, 0.15) is 28.3 Å². The van der Waals surface area contributed by atoms with Gasteiger partial charge in [0, 0.05) is 11.8 Å². The summed E-state index contributed by atoms with van der Waals surface area (Å²) in [5.41, 5.74) is -0.922. The Bertz CT molecular complexity index is 1190. The van der Waals surface area contributed by atoms with Crippen molar-refractivity contribution in [2.24, 2.45) is 0 Å². The second-order valence-corrected chi connectivity index (χ2v) is 11.9. The topological polar surface area (TPSA) is 139 Å². The fourth-order valence-electron chi connectivity index (χ4n) is 3.88. The molecule has 3 atom stereocenters. The Morgan fingerprint density at radius 3 is 2.21 bits per heavy atom. The Morgan fingerprint density at radius 1 is 1.05 bits per heavy atom. The molecule has 1 aromatic carbocycles. The number of nitrogens with one attached hydrogen (secondary N) is 1. The fourth-order valence-corrected chi connectivity index (χ4v) is 5.20. The minimum atomic E-state index is -1.50. The van der Waals surface area contributed by atoms with Crippen LogP contribution in [0, 0.1) is 0 Å². The number of allylic oxidation sites excluding steroid dienone is 1. The number of esters is 2. The second-order valence-electron chi connectivity index (χ2n) is 10.8. The lowest BCUT2D eigenvalue weighted by Gasteiger charge is -2.49. The van der Waals surface area contributed by atoms with Crippen LogP contribution in [0.2, 0.25) is 0 Å². The van der Waals surface area contributed by atoms with E-state index in [0.29, 0.717) is 5.57 Å². The van der Waals surface area contributed by atoms with Gasteiger partial charge in [0.05, 0.1) is 0 Å². The number of carboxylic acid groups (broad SMARTS) is 1. The van der Waals surface area contributed by atoms with E-state index in [1.807, 2.05) is 0 Å². The van der Waals surface area contributed by atoms with Crippen LogP contribution < -0.4 is 5.32 Å². The van der Waals surface area contributed by atoms with Gasteiger partial charge in [0.2, 0.25) is 5.91 Å². The van der Waals surface area contributed by atoms with E-state index >= 15 is 0 Å². The molecule has 0 aliphatic carbocycles. The molecule has 10 nitrogen and oxygen atoms in total. The highest BCUT2D eigenvalue weighted by atomic mass is 32.2. The van der Waals surface area contributed by atoms with Crippen molar-refractivity contribution in [3.05, 3.63) is 59.3 Å². The zero-order valence-electron chi connectivity index (χ0n) is 22.1. The number of carbonyl (C=O) groups excluding carboxylic acids is 4. The molecule has 2 heterocycles. The molecule has 2 amide bonds. The Morgan fingerprint density at radius 2 is 1.66 bits per heavy atom. The lowest BCUT2D eigenvalue weighted by molar-refractivity contribution is -0.159. The molecular weight excluding hydrogens is 512 g/mol. The number of carbonyl (C=O) groups is 5. The monoisotopic (exact) mass is 544 g/mol. The maximum atomic E-state index is 13.2. The van der Waals surface area contributed by atoms with Crippen molar-refractivity contribution in [3.8, 4) is 0 Å². The lowest BCUT2D eigenvalue weighted by Crippen LogP contribution is -2.71. The predicted molar refractivity (Wildman–Crippen MR) is 140 cm³/mol. The Labute approximate surface area is 225 Å². The molecule has 11 heteroatoms. The standard InChI is InChI=1S/C27H32N2O8S/c1-26(2,3)36-17(30)13-12-16-14-38-23-19(22(32)29(23)20(16)25(35)37-27(4,5)6)28-21(31)18(24(33)34)15-10-8-7-9-11-15/h7-13,18-19,23H,14H2,1-6H3,(H,28,31)(H,33,34)/t18?,19?,23-/m0/s1. The van der Waals surface area contributed by atoms with Crippen LogP contribution in [0.3, 0.4) is 0 Å². The number of nitrogens with zero attached hydrogens (tertiary/aromatic N) is 1. The van der Waals surface area contributed by atoms with E-state index in [0.717, 1.165) is 0 Å². The van der Waals surface area contributed by atoms with Crippen molar-refractivity contribution in [3.63, 3.8) is 0 Å². The van der Waals surface area contributed by atoms with Crippen LogP contribution in [0.1, 0.15) is 53.0 Å². The number of benzene rings is 1. The molecule has 0 saturated carbocycles. The number of β-lactam (4-membered cyclic amide) rings is 1. The molecule has 204 valence electrons. The summed E-state index contributed by atoms with van der Waals surface area (Å²) in [7, 11) is 0. The molecule has 0 radical (unpaired) electrons. The summed E-state index contributed by atoms with van der Waals surface area (Å²) in [6, 6.07) is 6.95. The predicted octanol–water partition coefficient (Wildman–Crippen LogP) is 2.75. The zero-order chi connectivity index (χ0) is 28.4. The summed E-state index contributed by atoms with van der Waals surface area (Å²) >= 11 is 1.27. The summed E-state index contributed by atoms with van der Waals surface area (Å²) in [5, 5.41) is 11.5. The van der Waals surface area contributed by atoms with Crippen molar-refractivity contribution >= 4 is 41.5 Å². The largest absolute Gasteiger partial charge is 0.480 e. The van der Waals surface area contributed by atoms with Gasteiger partial charge in [-0.05, 0) is 58.8 Å². The summed E-state index contributed by atoms with van der Waals surface area (Å²) in [5.74, 6) is -5.40. The summed E-state index contributed by atoms with van der Waals surface area (Å²) in [4.78, 5) is 64.6. The third-order valence-corrected chi connectivity index (χ3v) is 6.66. The van der Waals surface area contributed by atoms with Crippen molar-refractivity contribution < 1.29 is 38.6 Å². The normalized spacial score (nSPS) is 20.4. The number of ether oxygens (including phenoxy) is 2.